The van der Waals surface area contributed by atoms with Gasteiger partial charge < -0.3 is 20.3 Å². The van der Waals surface area contributed by atoms with Crippen LogP contribution in [0.15, 0.2) is 27.8 Å². The largest absolute Gasteiger partial charge is 0.495 e. The fraction of sp³-hybridized carbons (Fsp3) is 0.542. The van der Waals surface area contributed by atoms with E-state index in [-0.39, 0.29) is 17.3 Å². The average molecular weight is 460 g/mol. The molecule has 4 rings (SSSR count). The summed E-state index contributed by atoms with van der Waals surface area (Å²) >= 11 is 6.05. The number of halogens is 1. The van der Waals surface area contributed by atoms with E-state index in [1.54, 1.807) is 25.3 Å². The lowest BCUT2D eigenvalue weighted by Crippen LogP contribution is -2.45. The van der Waals surface area contributed by atoms with Crippen molar-refractivity contribution in [3.8, 4) is 5.75 Å². The molecule has 1 amide bonds. The van der Waals surface area contributed by atoms with E-state index in [1.807, 2.05) is 0 Å². The van der Waals surface area contributed by atoms with Crippen molar-refractivity contribution in [3.63, 3.8) is 0 Å². The summed E-state index contributed by atoms with van der Waals surface area (Å²) in [5.74, 6) is 0.869. The monoisotopic (exact) mass is 459 g/mol. The quantitative estimate of drug-likeness (QED) is 0.612. The number of amides is 1. The van der Waals surface area contributed by atoms with Gasteiger partial charge in [-0.05, 0) is 69.1 Å². The number of methoxy groups -OCH3 is 1. The molecule has 1 saturated carbocycles. The number of nitrogens with zero attached hydrogens (tertiary/aromatic N) is 1. The number of piperidine rings is 1. The molecule has 7 nitrogen and oxygen atoms in total. The van der Waals surface area contributed by atoms with Crippen molar-refractivity contribution in [3.05, 3.63) is 43.7 Å². The molecule has 0 bridgehead atoms. The Morgan fingerprint density at radius 2 is 1.81 bits per heavy atom. The number of hydrogen-bond acceptors (Lipinski definition) is 6. The van der Waals surface area contributed by atoms with Gasteiger partial charge in [-0.25, -0.2) is 0 Å². The van der Waals surface area contributed by atoms with Gasteiger partial charge in [0.15, 0.2) is 0 Å². The minimum atomic E-state index is -0.394. The van der Waals surface area contributed by atoms with E-state index < -0.39 is 5.43 Å². The molecular weight excluding hydrogens is 430 g/mol. The van der Waals surface area contributed by atoms with Gasteiger partial charge in [0.25, 0.3) is 10.9 Å². The van der Waals surface area contributed by atoms with Gasteiger partial charge in [0.2, 0.25) is 5.91 Å². The van der Waals surface area contributed by atoms with E-state index >= 15 is 0 Å². The van der Waals surface area contributed by atoms with Crippen LogP contribution in [-0.2, 0) is 4.79 Å². The van der Waals surface area contributed by atoms with Crippen LogP contribution in [0, 0.1) is 11.8 Å². The minimum absolute atomic E-state index is 0.0214. The first-order chi connectivity index (χ1) is 15.5. The molecule has 0 radical (unpaired) electrons. The summed E-state index contributed by atoms with van der Waals surface area (Å²) in [6.45, 7) is 2.34. The molecular formula is C24H30ClN3O4. The highest BCUT2D eigenvalue weighted by Crippen LogP contribution is 2.33. The molecule has 2 aromatic rings. The molecule has 0 spiro atoms. The second kappa shape index (κ2) is 9.94. The second-order valence-corrected chi connectivity index (χ2v) is 9.30. The highest BCUT2D eigenvalue weighted by atomic mass is 35.5. The van der Waals surface area contributed by atoms with Gasteiger partial charge in [-0.1, -0.05) is 11.6 Å². The number of nitrogens with one attached hydrogen (secondary N) is 2. The summed E-state index contributed by atoms with van der Waals surface area (Å²) in [4.78, 5) is 39.0. The third kappa shape index (κ3) is 4.77. The maximum atomic E-state index is 12.8. The summed E-state index contributed by atoms with van der Waals surface area (Å²) in [7, 11) is 1.56. The first-order valence-electron chi connectivity index (χ1n) is 11.4. The molecule has 32 heavy (non-hydrogen) atoms. The van der Waals surface area contributed by atoms with Crippen molar-refractivity contribution in [1.29, 1.82) is 0 Å². The van der Waals surface area contributed by atoms with E-state index in [0.717, 1.165) is 51.6 Å². The summed E-state index contributed by atoms with van der Waals surface area (Å²) < 4.78 is 5.30. The predicted octanol–water partition coefficient (Wildman–Crippen LogP) is 3.79. The number of anilines is 3. The molecule has 0 unspecified atom stereocenters. The number of carbonyl (C=O) groups excluding carboxylic acids is 1. The summed E-state index contributed by atoms with van der Waals surface area (Å²) in [5.41, 5.74) is 0.905. The number of rotatable bonds is 7. The van der Waals surface area contributed by atoms with Gasteiger partial charge in [0, 0.05) is 30.6 Å². The molecule has 1 aliphatic carbocycles. The van der Waals surface area contributed by atoms with Crippen LogP contribution in [0.2, 0.25) is 5.02 Å². The van der Waals surface area contributed by atoms with E-state index in [0.29, 0.717) is 40.3 Å². The fourth-order valence-electron chi connectivity index (χ4n) is 4.85. The highest BCUT2D eigenvalue weighted by molar-refractivity contribution is 6.31. The van der Waals surface area contributed by atoms with Crippen LogP contribution < -0.4 is 31.1 Å². The normalized spacial score (nSPS) is 21.4. The van der Waals surface area contributed by atoms with E-state index in [2.05, 4.69) is 15.5 Å². The summed E-state index contributed by atoms with van der Waals surface area (Å²) in [6, 6.07) is 5.15. The molecule has 0 atom stereocenters. The maximum absolute atomic E-state index is 12.8. The lowest BCUT2D eigenvalue weighted by atomic mass is 9.81. The Hall–Kier alpha value is -2.54. The molecule has 2 aliphatic rings. The Kier molecular flexibility index (Phi) is 7.04. The highest BCUT2D eigenvalue weighted by Gasteiger charge is 2.30. The van der Waals surface area contributed by atoms with Gasteiger partial charge in [0.1, 0.15) is 17.1 Å². The van der Waals surface area contributed by atoms with Gasteiger partial charge in [-0.3, -0.25) is 14.4 Å². The Labute approximate surface area is 192 Å². The minimum Gasteiger partial charge on any atom is -0.495 e. The molecule has 1 heterocycles. The van der Waals surface area contributed by atoms with Crippen molar-refractivity contribution < 1.29 is 9.53 Å². The molecule has 172 valence electrons. The molecule has 1 saturated heterocycles. The Balaban J connectivity index is 1.28. The van der Waals surface area contributed by atoms with Crippen molar-refractivity contribution in [2.24, 2.45) is 11.8 Å². The van der Waals surface area contributed by atoms with Gasteiger partial charge in [-0.2, -0.15) is 0 Å². The Bertz CT molecular complexity index is 1030. The lowest BCUT2D eigenvalue weighted by molar-refractivity contribution is -0.121. The fourth-order valence-corrected chi connectivity index (χ4v) is 5.02. The third-order valence-corrected chi connectivity index (χ3v) is 7.00. The number of carbonyl (C=O) groups is 1. The van der Waals surface area contributed by atoms with Gasteiger partial charge in [-0.15, -0.1) is 0 Å². The molecule has 2 N–H and O–H groups in total. The lowest BCUT2D eigenvalue weighted by Gasteiger charge is -2.32. The van der Waals surface area contributed by atoms with Crippen LogP contribution in [0.1, 0.15) is 44.9 Å². The van der Waals surface area contributed by atoms with E-state index in [4.69, 9.17) is 16.3 Å². The molecule has 1 aliphatic heterocycles. The molecule has 2 fully saturated rings. The standard InChI is InChI=1S/C24H30ClN3O4/c1-32-19-10-9-17(25)13-18(19)27-24(31)16-7-5-15(6-8-16)14-26-20-21(23(30)22(20)29)28-11-3-2-4-12-28/h9-10,13,15-16,26H,2-8,11-12,14H2,1H3,(H,27,31). The number of hydrogen-bond donors (Lipinski definition) is 2. The van der Waals surface area contributed by atoms with Crippen LogP contribution >= 0.6 is 11.6 Å². The number of benzene rings is 1. The van der Waals surface area contributed by atoms with Crippen LogP contribution in [0.5, 0.6) is 5.75 Å². The third-order valence-electron chi connectivity index (χ3n) is 6.76. The van der Waals surface area contributed by atoms with Gasteiger partial charge in [0.05, 0.1) is 12.8 Å². The van der Waals surface area contributed by atoms with Crippen molar-refractivity contribution in [2.45, 2.75) is 44.9 Å². The zero-order chi connectivity index (χ0) is 22.7. The van der Waals surface area contributed by atoms with Crippen molar-refractivity contribution in [2.75, 3.05) is 42.3 Å². The first kappa shape index (κ1) is 22.6. The van der Waals surface area contributed by atoms with Crippen molar-refractivity contribution >= 4 is 34.6 Å². The van der Waals surface area contributed by atoms with E-state index in [1.165, 1.54) is 6.42 Å². The Morgan fingerprint density at radius 1 is 1.09 bits per heavy atom. The summed E-state index contributed by atoms with van der Waals surface area (Å²) in [5, 5.41) is 6.75. The van der Waals surface area contributed by atoms with Gasteiger partial charge >= 0.3 is 0 Å². The van der Waals surface area contributed by atoms with Crippen LogP contribution in [0.25, 0.3) is 0 Å². The Morgan fingerprint density at radius 3 is 2.50 bits per heavy atom. The molecule has 0 aromatic heterocycles. The zero-order valence-electron chi connectivity index (χ0n) is 18.4. The van der Waals surface area contributed by atoms with Crippen LogP contribution in [0.4, 0.5) is 17.1 Å². The van der Waals surface area contributed by atoms with Crippen LogP contribution in [0.3, 0.4) is 0 Å². The number of ether oxygens (including phenoxy) is 1. The first-order valence-corrected chi connectivity index (χ1v) is 11.8. The zero-order valence-corrected chi connectivity index (χ0v) is 19.2. The maximum Gasteiger partial charge on any atom is 0.253 e. The second-order valence-electron chi connectivity index (χ2n) is 8.86. The topological polar surface area (TPSA) is 87.7 Å². The molecule has 8 heteroatoms. The smallest absolute Gasteiger partial charge is 0.253 e. The van der Waals surface area contributed by atoms with Crippen LogP contribution in [-0.4, -0.2) is 32.7 Å². The average Bonchev–Trinajstić information content (AvgIpc) is 2.82. The molecule has 2 aromatic carbocycles. The van der Waals surface area contributed by atoms with Crippen molar-refractivity contribution in [1.82, 2.24) is 0 Å². The predicted molar refractivity (Wildman–Crippen MR) is 128 cm³/mol. The van der Waals surface area contributed by atoms with E-state index in [9.17, 15) is 14.4 Å². The SMILES string of the molecule is COc1ccc(Cl)cc1NC(=O)C1CCC(CNc2c(N3CCCCC3)c(=O)c2=O)CC1. The summed E-state index contributed by atoms with van der Waals surface area (Å²) in [6.07, 6.45) is 6.66.